The summed E-state index contributed by atoms with van der Waals surface area (Å²) in [7, 11) is -3.60. The molecular formula is C14H17ClN2O4S. The van der Waals surface area contributed by atoms with Crippen molar-refractivity contribution in [2.45, 2.75) is 31.6 Å². The van der Waals surface area contributed by atoms with Crippen molar-refractivity contribution in [3.8, 4) is 0 Å². The molecule has 2 aromatic rings. The molecule has 0 aliphatic carbocycles. The van der Waals surface area contributed by atoms with Crippen LogP contribution in [0.1, 0.15) is 43.1 Å². The van der Waals surface area contributed by atoms with E-state index < -0.39 is 21.7 Å². The largest absolute Gasteiger partial charge is 0.387 e. The molecule has 0 bridgehead atoms. The lowest BCUT2D eigenvalue weighted by atomic mass is 10.1. The van der Waals surface area contributed by atoms with E-state index in [0.717, 1.165) is 0 Å². The molecule has 6 nitrogen and oxygen atoms in total. The number of nitrogens with zero attached hydrogens (tertiary/aromatic N) is 2. The summed E-state index contributed by atoms with van der Waals surface area (Å²) in [6.45, 7) is 3.74. The second kappa shape index (κ2) is 6.76. The Labute approximate surface area is 134 Å². The van der Waals surface area contributed by atoms with Crippen LogP contribution in [0.15, 0.2) is 28.8 Å². The maximum atomic E-state index is 12.1. The van der Waals surface area contributed by atoms with Crippen LogP contribution in [0.25, 0.3) is 0 Å². The van der Waals surface area contributed by atoms with Gasteiger partial charge in [-0.2, -0.15) is 4.98 Å². The molecule has 1 unspecified atom stereocenters. The Bertz CT molecular complexity index is 743. The zero-order valence-corrected chi connectivity index (χ0v) is 13.8. The van der Waals surface area contributed by atoms with Gasteiger partial charge in [0.15, 0.2) is 15.7 Å². The number of aromatic nitrogens is 2. The second-order valence-corrected chi connectivity index (χ2v) is 7.81. The molecule has 0 spiro atoms. The highest BCUT2D eigenvalue weighted by molar-refractivity contribution is 7.90. The summed E-state index contributed by atoms with van der Waals surface area (Å²) in [5, 5.41) is 14.1. The Morgan fingerprint density at radius 2 is 2.00 bits per heavy atom. The molecule has 1 heterocycles. The van der Waals surface area contributed by atoms with Gasteiger partial charge >= 0.3 is 0 Å². The van der Waals surface area contributed by atoms with E-state index in [1.807, 2.05) is 13.8 Å². The highest BCUT2D eigenvalue weighted by Gasteiger charge is 2.23. The van der Waals surface area contributed by atoms with E-state index in [1.54, 1.807) is 24.3 Å². The monoisotopic (exact) mass is 344 g/mol. The van der Waals surface area contributed by atoms with Gasteiger partial charge in [-0.05, 0) is 6.07 Å². The third-order valence-electron chi connectivity index (χ3n) is 3.00. The summed E-state index contributed by atoms with van der Waals surface area (Å²) in [5.41, 5.74) is 0.378. The SMILES string of the molecule is CC(C)c1nc(CS(=O)(=O)CC(O)c2ccccc2Cl)no1. The summed E-state index contributed by atoms with van der Waals surface area (Å²) in [6.07, 6.45) is -1.20. The van der Waals surface area contributed by atoms with Crippen LogP contribution >= 0.6 is 11.6 Å². The molecule has 1 aromatic heterocycles. The Balaban J connectivity index is 2.09. The molecule has 0 aliphatic heterocycles. The topological polar surface area (TPSA) is 93.3 Å². The van der Waals surface area contributed by atoms with Gasteiger partial charge < -0.3 is 9.63 Å². The Hall–Kier alpha value is -1.44. The fourth-order valence-corrected chi connectivity index (χ4v) is 3.44. The van der Waals surface area contributed by atoms with Crippen molar-refractivity contribution < 1.29 is 18.0 Å². The smallest absolute Gasteiger partial charge is 0.229 e. The summed E-state index contributed by atoms with van der Waals surface area (Å²) in [4.78, 5) is 4.03. The number of hydrogen-bond donors (Lipinski definition) is 1. The van der Waals surface area contributed by atoms with Gasteiger partial charge in [0.25, 0.3) is 0 Å². The van der Waals surface area contributed by atoms with Gasteiger partial charge in [0.1, 0.15) is 5.75 Å². The molecule has 0 aliphatic rings. The van der Waals surface area contributed by atoms with Gasteiger partial charge in [0.05, 0.1) is 11.9 Å². The van der Waals surface area contributed by atoms with Crippen molar-refractivity contribution in [1.29, 1.82) is 0 Å². The lowest BCUT2D eigenvalue weighted by molar-refractivity contribution is 0.201. The molecule has 120 valence electrons. The highest BCUT2D eigenvalue weighted by atomic mass is 35.5. The van der Waals surface area contributed by atoms with E-state index in [-0.39, 0.29) is 17.5 Å². The first-order chi connectivity index (χ1) is 10.3. The average Bonchev–Trinajstić information content (AvgIpc) is 2.86. The average molecular weight is 345 g/mol. The number of aliphatic hydroxyl groups excluding tert-OH is 1. The zero-order valence-electron chi connectivity index (χ0n) is 12.2. The third-order valence-corrected chi connectivity index (χ3v) is 4.87. The molecule has 0 fully saturated rings. The molecule has 0 radical (unpaired) electrons. The predicted octanol–water partition coefficient (Wildman–Crippen LogP) is 2.49. The minimum Gasteiger partial charge on any atom is -0.387 e. The molecule has 0 saturated carbocycles. The minimum absolute atomic E-state index is 0.0256. The van der Waals surface area contributed by atoms with Crippen LogP contribution < -0.4 is 0 Å². The molecule has 22 heavy (non-hydrogen) atoms. The molecule has 1 atom stereocenters. The van der Waals surface area contributed by atoms with Gasteiger partial charge in [-0.25, -0.2) is 8.42 Å². The molecule has 0 saturated heterocycles. The number of hydrogen-bond acceptors (Lipinski definition) is 6. The molecule has 0 amide bonds. The quantitative estimate of drug-likeness (QED) is 0.865. The van der Waals surface area contributed by atoms with E-state index in [9.17, 15) is 13.5 Å². The highest BCUT2D eigenvalue weighted by Crippen LogP contribution is 2.24. The summed E-state index contributed by atoms with van der Waals surface area (Å²) in [6, 6.07) is 6.58. The van der Waals surface area contributed by atoms with Crippen molar-refractivity contribution in [3.05, 3.63) is 46.6 Å². The van der Waals surface area contributed by atoms with Gasteiger partial charge in [0, 0.05) is 16.5 Å². The van der Waals surface area contributed by atoms with E-state index in [2.05, 4.69) is 10.1 Å². The normalized spacial score (nSPS) is 13.5. The van der Waals surface area contributed by atoms with Crippen molar-refractivity contribution in [2.24, 2.45) is 0 Å². The lowest BCUT2D eigenvalue weighted by Gasteiger charge is -2.12. The minimum atomic E-state index is -3.60. The van der Waals surface area contributed by atoms with E-state index in [1.165, 1.54) is 0 Å². The molecule has 1 aromatic carbocycles. The fourth-order valence-electron chi connectivity index (χ4n) is 1.89. The van der Waals surface area contributed by atoms with Crippen molar-refractivity contribution in [1.82, 2.24) is 10.1 Å². The number of aliphatic hydroxyl groups is 1. The maximum Gasteiger partial charge on any atom is 0.229 e. The number of sulfone groups is 1. The van der Waals surface area contributed by atoms with Crippen LogP contribution in [0.5, 0.6) is 0 Å². The van der Waals surface area contributed by atoms with E-state index in [4.69, 9.17) is 16.1 Å². The molecule has 1 N–H and O–H groups in total. The van der Waals surface area contributed by atoms with Crippen molar-refractivity contribution >= 4 is 21.4 Å². The van der Waals surface area contributed by atoms with Gasteiger partial charge in [-0.1, -0.05) is 48.8 Å². The van der Waals surface area contributed by atoms with Crippen molar-refractivity contribution in [2.75, 3.05) is 5.75 Å². The second-order valence-electron chi connectivity index (χ2n) is 5.30. The van der Waals surface area contributed by atoms with Gasteiger partial charge in [-0.3, -0.25) is 0 Å². The van der Waals surface area contributed by atoms with E-state index >= 15 is 0 Å². The standard InChI is InChI=1S/C14H17ClN2O4S/c1-9(2)14-16-13(17-21-14)8-22(19,20)7-12(18)10-5-3-4-6-11(10)15/h3-6,9,12,18H,7-8H2,1-2H3. The van der Waals surface area contributed by atoms with Crippen LogP contribution in [-0.2, 0) is 15.6 Å². The zero-order chi connectivity index (χ0) is 16.3. The predicted molar refractivity (Wildman–Crippen MR) is 82.3 cm³/mol. The molecule has 2 rings (SSSR count). The number of halogens is 1. The summed E-state index contributed by atoms with van der Waals surface area (Å²) < 4.78 is 29.3. The van der Waals surface area contributed by atoms with Crippen LogP contribution in [-0.4, -0.2) is 29.4 Å². The Morgan fingerprint density at radius 3 is 2.59 bits per heavy atom. The Kier molecular flexibility index (Phi) is 5.20. The van der Waals surface area contributed by atoms with Crippen molar-refractivity contribution in [3.63, 3.8) is 0 Å². The fraction of sp³-hybridized carbons (Fsp3) is 0.429. The number of benzene rings is 1. The van der Waals surface area contributed by atoms with Gasteiger partial charge in [-0.15, -0.1) is 0 Å². The van der Waals surface area contributed by atoms with Crippen LogP contribution in [0.2, 0.25) is 5.02 Å². The van der Waals surface area contributed by atoms with Gasteiger partial charge in [0.2, 0.25) is 5.89 Å². The van der Waals surface area contributed by atoms with Crippen LogP contribution in [0.3, 0.4) is 0 Å². The summed E-state index contributed by atoms with van der Waals surface area (Å²) in [5.74, 6) is -0.336. The number of rotatable bonds is 6. The summed E-state index contributed by atoms with van der Waals surface area (Å²) >= 11 is 5.95. The lowest BCUT2D eigenvalue weighted by Crippen LogP contribution is -2.17. The molecule has 8 heteroatoms. The third kappa shape index (κ3) is 4.28. The first-order valence-corrected chi connectivity index (χ1v) is 8.94. The first kappa shape index (κ1) is 16.9. The maximum absolute atomic E-state index is 12.1. The van der Waals surface area contributed by atoms with Crippen LogP contribution in [0, 0.1) is 0 Å². The van der Waals surface area contributed by atoms with Crippen LogP contribution in [0.4, 0.5) is 0 Å². The Morgan fingerprint density at radius 1 is 1.32 bits per heavy atom. The molecular weight excluding hydrogens is 328 g/mol. The first-order valence-electron chi connectivity index (χ1n) is 6.74. The van der Waals surface area contributed by atoms with E-state index in [0.29, 0.717) is 16.5 Å².